The fraction of sp³-hybridized carbons (Fsp3) is 0.632. The molecule has 1 aromatic rings. The van der Waals surface area contributed by atoms with Crippen LogP contribution in [0.25, 0.3) is 0 Å². The number of nitrogens with one attached hydrogen (secondary N) is 2. The molecule has 2 heterocycles. The molecule has 2 N–H and O–H groups in total. The first-order chi connectivity index (χ1) is 12.5. The van der Waals surface area contributed by atoms with Crippen LogP contribution < -0.4 is 10.0 Å². The van der Waals surface area contributed by atoms with E-state index in [0.29, 0.717) is 5.69 Å². The van der Waals surface area contributed by atoms with Gasteiger partial charge < -0.3 is 15.1 Å². The highest BCUT2D eigenvalue weighted by molar-refractivity contribution is 7.89. The molecule has 0 bridgehead atoms. The van der Waals surface area contributed by atoms with Gasteiger partial charge in [-0.2, -0.15) is 0 Å². The Morgan fingerprint density at radius 1 is 1.15 bits per heavy atom. The zero-order chi connectivity index (χ0) is 19.9. The summed E-state index contributed by atoms with van der Waals surface area (Å²) in [6.45, 7) is 8.98. The zero-order valence-corrected chi connectivity index (χ0v) is 17.4. The van der Waals surface area contributed by atoms with E-state index in [1.54, 1.807) is 32.9 Å². The second-order valence-corrected chi connectivity index (χ2v) is 10.7. The molecule has 2 aliphatic heterocycles. The van der Waals surface area contributed by atoms with Gasteiger partial charge in [-0.05, 0) is 65.4 Å². The van der Waals surface area contributed by atoms with Crippen LogP contribution in [0.2, 0.25) is 0 Å². The van der Waals surface area contributed by atoms with Gasteiger partial charge >= 0.3 is 6.03 Å². The number of carbonyl (C=O) groups excluding carboxylic acids is 1. The minimum atomic E-state index is -3.64. The maximum Gasteiger partial charge on any atom is 0.321 e. The van der Waals surface area contributed by atoms with Gasteiger partial charge in [-0.1, -0.05) is 6.07 Å². The number of hydrogen-bond acceptors (Lipinski definition) is 4. The molecule has 0 aromatic heterocycles. The number of urea groups is 1. The highest BCUT2D eigenvalue weighted by Crippen LogP contribution is 2.39. The third-order valence-electron chi connectivity index (χ3n) is 5.19. The van der Waals surface area contributed by atoms with Crippen molar-refractivity contribution in [3.63, 3.8) is 0 Å². The first kappa shape index (κ1) is 20.1. The molecule has 150 valence electrons. The maximum atomic E-state index is 12.7. The fourth-order valence-corrected chi connectivity index (χ4v) is 5.47. The lowest BCUT2D eigenvalue weighted by molar-refractivity contribution is 0.212. The van der Waals surface area contributed by atoms with Crippen LogP contribution in [0.1, 0.15) is 33.6 Å². The van der Waals surface area contributed by atoms with Crippen LogP contribution in [-0.2, 0) is 10.0 Å². The molecular formula is C19H30N4O3S. The molecule has 0 saturated carbocycles. The van der Waals surface area contributed by atoms with Crippen molar-refractivity contribution in [2.24, 2.45) is 5.41 Å². The van der Waals surface area contributed by atoms with E-state index in [1.807, 2.05) is 4.90 Å². The second kappa shape index (κ2) is 7.07. The fourth-order valence-electron chi connectivity index (χ4n) is 4.01. The van der Waals surface area contributed by atoms with Gasteiger partial charge in [0.05, 0.1) is 4.90 Å². The third kappa shape index (κ3) is 4.80. The largest absolute Gasteiger partial charge is 0.324 e. The van der Waals surface area contributed by atoms with E-state index in [1.165, 1.54) is 12.1 Å². The molecule has 1 unspecified atom stereocenters. The molecule has 8 heteroatoms. The number of benzene rings is 1. The summed E-state index contributed by atoms with van der Waals surface area (Å²) in [5.74, 6) is 0. The van der Waals surface area contributed by atoms with Gasteiger partial charge in [-0.3, -0.25) is 0 Å². The Morgan fingerprint density at radius 2 is 1.85 bits per heavy atom. The SMILES string of the molecule is CN1CCC2(CCN(C(=O)Nc3cccc(S(=O)(=O)NC(C)(C)C)c3)C2)C1. The lowest BCUT2D eigenvalue weighted by Crippen LogP contribution is -2.40. The van der Waals surface area contributed by atoms with Gasteiger partial charge in [0.1, 0.15) is 0 Å². The quantitative estimate of drug-likeness (QED) is 0.824. The molecule has 0 radical (unpaired) electrons. The number of rotatable bonds is 3. The van der Waals surface area contributed by atoms with Gasteiger partial charge in [0.15, 0.2) is 0 Å². The lowest BCUT2D eigenvalue weighted by atomic mass is 9.86. The van der Waals surface area contributed by atoms with E-state index >= 15 is 0 Å². The third-order valence-corrected chi connectivity index (χ3v) is 6.95. The number of anilines is 1. The molecule has 1 atom stereocenters. The van der Waals surface area contributed by atoms with Crippen LogP contribution in [0.3, 0.4) is 0 Å². The number of nitrogens with zero attached hydrogens (tertiary/aromatic N) is 2. The molecule has 3 rings (SSSR count). The number of amides is 2. The standard InChI is InChI=1S/C19H30N4O3S/c1-18(2,3)21-27(25,26)16-7-5-6-15(12-16)20-17(24)23-11-9-19(14-23)8-10-22(4)13-19/h5-7,12,21H,8-11,13-14H2,1-4H3,(H,20,24). The molecule has 0 aliphatic carbocycles. The summed E-state index contributed by atoms with van der Waals surface area (Å²) in [4.78, 5) is 17.0. The molecule has 1 aromatic carbocycles. The van der Waals surface area contributed by atoms with Crippen molar-refractivity contribution in [3.05, 3.63) is 24.3 Å². The zero-order valence-electron chi connectivity index (χ0n) is 16.6. The average Bonchev–Trinajstić information content (AvgIpc) is 3.12. The van der Waals surface area contributed by atoms with Crippen molar-refractivity contribution in [3.8, 4) is 0 Å². The first-order valence-corrected chi connectivity index (χ1v) is 10.9. The molecule has 2 amide bonds. The molecule has 2 saturated heterocycles. The van der Waals surface area contributed by atoms with Crippen LogP contribution in [0.15, 0.2) is 29.2 Å². The predicted molar refractivity (Wildman–Crippen MR) is 106 cm³/mol. The van der Waals surface area contributed by atoms with Gasteiger partial charge in [-0.15, -0.1) is 0 Å². The summed E-state index contributed by atoms with van der Waals surface area (Å²) in [5.41, 5.74) is 0.130. The number of sulfonamides is 1. The Labute approximate surface area is 162 Å². The van der Waals surface area contributed by atoms with Crippen LogP contribution in [0, 0.1) is 5.41 Å². The monoisotopic (exact) mass is 394 g/mol. The van der Waals surface area contributed by atoms with Gasteiger partial charge in [0.2, 0.25) is 10.0 Å². The summed E-state index contributed by atoms with van der Waals surface area (Å²) >= 11 is 0. The highest BCUT2D eigenvalue weighted by Gasteiger charge is 2.43. The molecule has 1 spiro atoms. The molecule has 2 fully saturated rings. The normalized spacial score (nSPS) is 23.9. The molecule has 27 heavy (non-hydrogen) atoms. The van der Waals surface area contributed by atoms with Crippen LogP contribution >= 0.6 is 0 Å². The van der Waals surface area contributed by atoms with Crippen molar-refractivity contribution < 1.29 is 13.2 Å². The van der Waals surface area contributed by atoms with Gasteiger partial charge in [0, 0.05) is 36.3 Å². The van der Waals surface area contributed by atoms with Crippen molar-refractivity contribution in [1.82, 2.24) is 14.5 Å². The van der Waals surface area contributed by atoms with Crippen molar-refractivity contribution in [1.29, 1.82) is 0 Å². The summed E-state index contributed by atoms with van der Waals surface area (Å²) in [5, 5.41) is 2.86. The summed E-state index contributed by atoms with van der Waals surface area (Å²) in [6.07, 6.45) is 2.15. The van der Waals surface area contributed by atoms with Gasteiger partial charge in [-0.25, -0.2) is 17.9 Å². The van der Waals surface area contributed by atoms with Crippen molar-refractivity contribution >= 4 is 21.7 Å². The first-order valence-electron chi connectivity index (χ1n) is 9.37. The Kier molecular flexibility index (Phi) is 5.26. The predicted octanol–water partition coefficient (Wildman–Crippen LogP) is 2.32. The van der Waals surface area contributed by atoms with Crippen LogP contribution in [-0.4, -0.2) is 63.0 Å². The van der Waals surface area contributed by atoms with E-state index in [0.717, 1.165) is 39.0 Å². The minimum Gasteiger partial charge on any atom is -0.324 e. The maximum absolute atomic E-state index is 12.7. The smallest absolute Gasteiger partial charge is 0.321 e. The van der Waals surface area contributed by atoms with E-state index in [2.05, 4.69) is 22.0 Å². The number of hydrogen-bond donors (Lipinski definition) is 2. The molecule has 2 aliphatic rings. The lowest BCUT2D eigenvalue weighted by Gasteiger charge is -2.24. The summed E-state index contributed by atoms with van der Waals surface area (Å²) in [7, 11) is -1.52. The summed E-state index contributed by atoms with van der Waals surface area (Å²) < 4.78 is 27.6. The van der Waals surface area contributed by atoms with Crippen molar-refractivity contribution in [2.75, 3.05) is 38.5 Å². The number of carbonyl (C=O) groups is 1. The van der Waals surface area contributed by atoms with Crippen molar-refractivity contribution in [2.45, 2.75) is 44.0 Å². The van der Waals surface area contributed by atoms with Crippen LogP contribution in [0.5, 0.6) is 0 Å². The van der Waals surface area contributed by atoms with E-state index in [4.69, 9.17) is 0 Å². The Bertz CT molecular complexity index is 818. The van der Waals surface area contributed by atoms with Gasteiger partial charge in [0.25, 0.3) is 0 Å². The Morgan fingerprint density at radius 3 is 2.48 bits per heavy atom. The van der Waals surface area contributed by atoms with Crippen LogP contribution in [0.4, 0.5) is 10.5 Å². The minimum absolute atomic E-state index is 0.144. The average molecular weight is 395 g/mol. The summed E-state index contributed by atoms with van der Waals surface area (Å²) in [6, 6.07) is 6.22. The molecular weight excluding hydrogens is 364 g/mol. The molecule has 7 nitrogen and oxygen atoms in total. The second-order valence-electron chi connectivity index (χ2n) is 8.97. The topological polar surface area (TPSA) is 81.8 Å². The Balaban J connectivity index is 1.67. The Hall–Kier alpha value is -1.64. The highest BCUT2D eigenvalue weighted by atomic mass is 32.2. The van der Waals surface area contributed by atoms with E-state index < -0.39 is 15.6 Å². The number of likely N-dealkylation sites (tertiary alicyclic amines) is 2. The van der Waals surface area contributed by atoms with E-state index in [9.17, 15) is 13.2 Å². The van der Waals surface area contributed by atoms with E-state index in [-0.39, 0.29) is 16.3 Å².